The molecule has 0 aliphatic rings. The number of ether oxygens (including phenoxy) is 1. The molecule has 0 saturated heterocycles. The van der Waals surface area contributed by atoms with Gasteiger partial charge in [0.2, 0.25) is 0 Å². The summed E-state index contributed by atoms with van der Waals surface area (Å²) in [5.74, 6) is 0.171. The smallest absolute Gasteiger partial charge is 0.255 e. The second kappa shape index (κ2) is 8.73. The fraction of sp³-hybridized carbons (Fsp3) is 0.350. The Morgan fingerprint density at radius 1 is 1.22 bits per heavy atom. The molecule has 0 aromatic heterocycles. The zero-order valence-electron chi connectivity index (χ0n) is 15.8. The summed E-state index contributed by atoms with van der Waals surface area (Å²) >= 11 is 3.27. The lowest BCUT2D eigenvalue weighted by Gasteiger charge is -2.23. The lowest BCUT2D eigenvalue weighted by Crippen LogP contribution is -2.38. The van der Waals surface area contributed by atoms with Crippen molar-refractivity contribution in [3.63, 3.8) is 0 Å². The number of methoxy groups -OCH3 is 1. The molecular weight excluding hydrogens is 412 g/mol. The van der Waals surface area contributed by atoms with Gasteiger partial charge in [0.1, 0.15) is 5.75 Å². The lowest BCUT2D eigenvalue weighted by molar-refractivity contribution is 0.102. The van der Waals surface area contributed by atoms with E-state index in [1.165, 1.54) is 0 Å². The van der Waals surface area contributed by atoms with Crippen LogP contribution in [0.3, 0.4) is 0 Å². The Balaban J connectivity index is 2.20. The van der Waals surface area contributed by atoms with E-state index in [2.05, 4.69) is 26.6 Å². The monoisotopic (exact) mass is 436 g/mol. The van der Waals surface area contributed by atoms with Crippen molar-refractivity contribution in [2.24, 2.45) is 0 Å². The zero-order valence-corrected chi connectivity index (χ0v) is 17.4. The number of hydrogen-bond acceptors (Lipinski definition) is 5. The summed E-state index contributed by atoms with van der Waals surface area (Å²) in [5, 5.41) is 26.6. The zero-order chi connectivity index (χ0) is 20.2. The molecule has 1 atom stereocenters. The van der Waals surface area contributed by atoms with Gasteiger partial charge in [-0.1, -0.05) is 0 Å². The highest BCUT2D eigenvalue weighted by atomic mass is 79.9. The normalized spacial score (nSPS) is 12.5. The van der Waals surface area contributed by atoms with Gasteiger partial charge in [-0.15, -0.1) is 0 Å². The number of phenolic OH excluding ortho intramolecular Hbond substituents is 1. The fourth-order valence-corrected chi connectivity index (χ4v) is 2.84. The molecule has 0 radical (unpaired) electrons. The van der Waals surface area contributed by atoms with Crippen LogP contribution in [0.5, 0.6) is 11.5 Å². The summed E-state index contributed by atoms with van der Waals surface area (Å²) < 4.78 is 5.47. The molecule has 2 rings (SSSR count). The van der Waals surface area contributed by atoms with Crippen LogP contribution in [0.4, 0.5) is 5.69 Å². The summed E-state index contributed by atoms with van der Waals surface area (Å²) in [6, 6.07) is 9.83. The number of halogens is 1. The largest absolute Gasteiger partial charge is 0.505 e. The van der Waals surface area contributed by atoms with E-state index in [0.29, 0.717) is 27.9 Å². The molecule has 4 N–H and O–H groups in total. The van der Waals surface area contributed by atoms with E-state index >= 15 is 0 Å². The Bertz CT molecular complexity index is 801. The maximum atomic E-state index is 12.5. The summed E-state index contributed by atoms with van der Waals surface area (Å²) in [5.41, 5.74) is 1.07. The molecule has 0 aliphatic heterocycles. The first-order valence-corrected chi connectivity index (χ1v) is 9.31. The number of amides is 1. The van der Waals surface area contributed by atoms with Crippen molar-refractivity contribution >= 4 is 27.5 Å². The second-order valence-corrected chi connectivity index (χ2v) is 8.08. The SMILES string of the molecule is COc1ccc(C(=O)Nc2cc(C(O)CNC(C)(C)C)cc(Br)c2O)cc1. The van der Waals surface area contributed by atoms with Crippen LogP contribution in [-0.4, -0.2) is 35.3 Å². The Labute approximate surface area is 167 Å². The van der Waals surface area contributed by atoms with Gasteiger partial charge in [0.15, 0.2) is 5.75 Å². The molecule has 6 nitrogen and oxygen atoms in total. The Hall–Kier alpha value is -2.09. The highest BCUT2D eigenvalue weighted by Crippen LogP contribution is 2.35. The number of aliphatic hydroxyl groups is 1. The number of hydrogen-bond donors (Lipinski definition) is 4. The van der Waals surface area contributed by atoms with Crippen LogP contribution in [0.15, 0.2) is 40.9 Å². The number of carbonyl (C=O) groups excluding carboxylic acids is 1. The third-order valence-electron chi connectivity index (χ3n) is 3.90. The maximum absolute atomic E-state index is 12.5. The van der Waals surface area contributed by atoms with Gasteiger partial charge in [-0.3, -0.25) is 4.79 Å². The first kappa shape index (κ1) is 21.2. The third-order valence-corrected chi connectivity index (χ3v) is 4.50. The van der Waals surface area contributed by atoms with Gasteiger partial charge in [0, 0.05) is 17.6 Å². The van der Waals surface area contributed by atoms with Crippen LogP contribution in [0.2, 0.25) is 0 Å². The van der Waals surface area contributed by atoms with Gasteiger partial charge in [-0.25, -0.2) is 0 Å². The van der Waals surface area contributed by atoms with Gasteiger partial charge in [-0.05, 0) is 78.7 Å². The van der Waals surface area contributed by atoms with Crippen molar-refractivity contribution in [3.8, 4) is 11.5 Å². The van der Waals surface area contributed by atoms with Crippen LogP contribution in [0, 0.1) is 0 Å². The number of carbonyl (C=O) groups is 1. The van der Waals surface area contributed by atoms with E-state index in [1.54, 1.807) is 43.5 Å². The van der Waals surface area contributed by atoms with Gasteiger partial charge >= 0.3 is 0 Å². The number of β-amino-alcohol motifs (C(OH)–C–C–N with tert-alkyl or cyclic N) is 1. The van der Waals surface area contributed by atoms with E-state index in [1.807, 2.05) is 20.8 Å². The van der Waals surface area contributed by atoms with Crippen LogP contribution < -0.4 is 15.4 Å². The molecule has 2 aromatic rings. The molecule has 0 fully saturated rings. The molecule has 0 aliphatic carbocycles. The molecule has 1 unspecified atom stereocenters. The minimum absolute atomic E-state index is 0.100. The second-order valence-electron chi connectivity index (χ2n) is 7.23. The molecule has 0 spiro atoms. The Morgan fingerprint density at radius 3 is 2.41 bits per heavy atom. The molecule has 0 bridgehead atoms. The fourth-order valence-electron chi connectivity index (χ4n) is 2.37. The number of anilines is 1. The number of aromatic hydroxyl groups is 1. The summed E-state index contributed by atoms with van der Waals surface area (Å²) in [6.07, 6.45) is -0.794. The number of phenols is 1. The topological polar surface area (TPSA) is 90.8 Å². The summed E-state index contributed by atoms with van der Waals surface area (Å²) in [4.78, 5) is 12.5. The minimum atomic E-state index is -0.794. The summed E-state index contributed by atoms with van der Waals surface area (Å²) in [7, 11) is 1.55. The number of nitrogens with one attached hydrogen (secondary N) is 2. The molecular formula is C20H25BrN2O4. The molecule has 2 aromatic carbocycles. The lowest BCUT2D eigenvalue weighted by atomic mass is 10.0. The van der Waals surface area contributed by atoms with Gasteiger partial charge in [0.05, 0.1) is 23.4 Å². The number of aliphatic hydroxyl groups excluding tert-OH is 1. The van der Waals surface area contributed by atoms with Crippen molar-refractivity contribution in [2.75, 3.05) is 19.0 Å². The van der Waals surface area contributed by atoms with Crippen molar-refractivity contribution in [2.45, 2.75) is 32.4 Å². The Kier molecular flexibility index (Phi) is 6.86. The highest BCUT2D eigenvalue weighted by Gasteiger charge is 2.18. The van der Waals surface area contributed by atoms with Crippen molar-refractivity contribution in [3.05, 3.63) is 52.0 Å². The molecule has 0 heterocycles. The average Bonchev–Trinajstić information content (AvgIpc) is 2.62. The van der Waals surface area contributed by atoms with Gasteiger partial charge < -0.3 is 25.6 Å². The first-order valence-electron chi connectivity index (χ1n) is 8.51. The van der Waals surface area contributed by atoms with E-state index in [-0.39, 0.29) is 22.9 Å². The Morgan fingerprint density at radius 2 is 1.85 bits per heavy atom. The van der Waals surface area contributed by atoms with E-state index in [4.69, 9.17) is 4.74 Å². The van der Waals surface area contributed by atoms with Gasteiger partial charge in [0.25, 0.3) is 5.91 Å². The molecule has 7 heteroatoms. The average molecular weight is 437 g/mol. The molecule has 27 heavy (non-hydrogen) atoms. The van der Waals surface area contributed by atoms with Gasteiger partial charge in [-0.2, -0.15) is 0 Å². The first-order chi connectivity index (χ1) is 12.6. The molecule has 0 saturated carbocycles. The number of benzene rings is 2. The quantitative estimate of drug-likeness (QED) is 0.516. The third kappa shape index (κ3) is 5.95. The minimum Gasteiger partial charge on any atom is -0.505 e. The molecule has 1 amide bonds. The van der Waals surface area contributed by atoms with Crippen molar-refractivity contribution in [1.82, 2.24) is 5.32 Å². The van der Waals surface area contributed by atoms with Crippen LogP contribution in [-0.2, 0) is 0 Å². The van der Waals surface area contributed by atoms with Crippen molar-refractivity contribution < 1.29 is 19.7 Å². The molecule has 146 valence electrons. The maximum Gasteiger partial charge on any atom is 0.255 e. The van der Waals surface area contributed by atoms with Crippen LogP contribution in [0.1, 0.15) is 42.8 Å². The predicted octanol–water partition coefficient (Wildman–Crippen LogP) is 3.84. The van der Waals surface area contributed by atoms with Crippen LogP contribution >= 0.6 is 15.9 Å². The number of rotatable bonds is 6. The van der Waals surface area contributed by atoms with E-state index < -0.39 is 6.10 Å². The van der Waals surface area contributed by atoms with E-state index in [9.17, 15) is 15.0 Å². The van der Waals surface area contributed by atoms with E-state index in [0.717, 1.165) is 0 Å². The summed E-state index contributed by atoms with van der Waals surface area (Å²) in [6.45, 7) is 6.36. The van der Waals surface area contributed by atoms with Crippen LogP contribution in [0.25, 0.3) is 0 Å². The standard InChI is InChI=1S/C20H25BrN2O4/c1-20(2,3)22-11-17(24)13-9-15(21)18(25)16(10-13)23-19(26)12-5-7-14(27-4)8-6-12/h5-10,17,22,24-25H,11H2,1-4H3,(H,23,26). The van der Waals surface area contributed by atoms with Crippen molar-refractivity contribution in [1.29, 1.82) is 0 Å². The highest BCUT2D eigenvalue weighted by molar-refractivity contribution is 9.10. The predicted molar refractivity (Wildman–Crippen MR) is 109 cm³/mol.